The molecule has 0 amide bonds. The number of rotatable bonds is 10. The van der Waals surface area contributed by atoms with Crippen LogP contribution in [0.1, 0.15) is 43.0 Å². The molecule has 2 aromatic rings. The van der Waals surface area contributed by atoms with Crippen LogP contribution < -0.4 is 20.1 Å². The van der Waals surface area contributed by atoms with E-state index in [1.807, 2.05) is 43.3 Å². The zero-order chi connectivity index (χ0) is 22.8. The maximum Gasteiger partial charge on any atom is 0.191 e. The Bertz CT molecular complexity index is 857. The summed E-state index contributed by atoms with van der Waals surface area (Å²) in [4.78, 5) is 7.36. The number of benzene rings is 2. The van der Waals surface area contributed by atoms with Crippen molar-refractivity contribution in [3.63, 3.8) is 0 Å². The van der Waals surface area contributed by atoms with E-state index in [0.29, 0.717) is 19.0 Å². The quantitative estimate of drug-likeness (QED) is 0.230. The number of aliphatic hydroxyl groups is 1. The maximum atomic E-state index is 10.6. The Morgan fingerprint density at radius 3 is 2.33 bits per heavy atom. The van der Waals surface area contributed by atoms with Gasteiger partial charge in [-0.1, -0.05) is 24.3 Å². The molecule has 0 saturated carbocycles. The monoisotopic (exact) mass is 568 g/mol. The van der Waals surface area contributed by atoms with Crippen LogP contribution in [-0.4, -0.2) is 62.9 Å². The van der Waals surface area contributed by atoms with Gasteiger partial charge in [-0.15, -0.1) is 24.0 Å². The first-order chi connectivity index (χ1) is 15.6. The molecule has 1 saturated heterocycles. The highest BCUT2D eigenvalue weighted by Gasteiger charge is 2.24. The summed E-state index contributed by atoms with van der Waals surface area (Å²) in [6.45, 7) is 5.94. The first-order valence-corrected chi connectivity index (χ1v) is 11.4. The van der Waals surface area contributed by atoms with Gasteiger partial charge in [0, 0.05) is 13.1 Å². The summed E-state index contributed by atoms with van der Waals surface area (Å²) >= 11 is 0. The number of nitrogens with one attached hydrogen (secondary N) is 2. The fourth-order valence-corrected chi connectivity index (χ4v) is 3.99. The van der Waals surface area contributed by atoms with Gasteiger partial charge >= 0.3 is 0 Å². The van der Waals surface area contributed by atoms with Crippen LogP contribution in [-0.2, 0) is 0 Å². The summed E-state index contributed by atoms with van der Waals surface area (Å²) in [6, 6.07) is 15.9. The molecule has 0 aliphatic carbocycles. The molecule has 3 N–H and O–H groups in total. The summed E-state index contributed by atoms with van der Waals surface area (Å²) in [6.07, 6.45) is 1.80. The van der Waals surface area contributed by atoms with Gasteiger partial charge in [0.15, 0.2) is 5.96 Å². The van der Waals surface area contributed by atoms with Crippen molar-refractivity contribution in [2.75, 3.05) is 46.9 Å². The first kappa shape index (κ1) is 27.2. The smallest absolute Gasteiger partial charge is 0.191 e. The number of ether oxygens (including phenoxy) is 2. The first-order valence-electron chi connectivity index (χ1n) is 11.4. The summed E-state index contributed by atoms with van der Waals surface area (Å²) in [5.74, 6) is 2.34. The minimum atomic E-state index is -0.641. The van der Waals surface area contributed by atoms with E-state index in [-0.39, 0.29) is 30.0 Å². The van der Waals surface area contributed by atoms with E-state index in [9.17, 15) is 5.11 Å². The fraction of sp³-hybridized carbons (Fsp3) is 0.480. The third kappa shape index (κ3) is 8.04. The molecule has 1 aliphatic rings. The predicted octanol–water partition coefficient (Wildman–Crippen LogP) is 3.75. The Kier molecular flexibility index (Phi) is 11.8. The van der Waals surface area contributed by atoms with Crippen LogP contribution >= 0.6 is 24.0 Å². The van der Waals surface area contributed by atoms with E-state index in [4.69, 9.17) is 14.5 Å². The molecule has 1 aliphatic heterocycles. The number of hydrogen-bond donors (Lipinski definition) is 3. The van der Waals surface area contributed by atoms with Gasteiger partial charge < -0.3 is 25.2 Å². The second-order valence-corrected chi connectivity index (χ2v) is 7.92. The van der Waals surface area contributed by atoms with Crippen molar-refractivity contribution in [1.29, 1.82) is 0 Å². The van der Waals surface area contributed by atoms with Crippen molar-refractivity contribution in [3.05, 3.63) is 59.7 Å². The SMILES string of the molecule is CCNC(=NCC(c1cccc(OC)c1)N1CCCC1)NCC(O)c1ccc(OC)cc1.I. The predicted molar refractivity (Wildman–Crippen MR) is 144 cm³/mol. The lowest BCUT2D eigenvalue weighted by Crippen LogP contribution is -2.40. The second-order valence-electron chi connectivity index (χ2n) is 7.92. The molecule has 33 heavy (non-hydrogen) atoms. The average molecular weight is 569 g/mol. The van der Waals surface area contributed by atoms with E-state index >= 15 is 0 Å². The Hall–Kier alpha value is -2.04. The van der Waals surface area contributed by atoms with Crippen LogP contribution in [0.4, 0.5) is 0 Å². The number of aliphatic hydroxyl groups excluding tert-OH is 1. The number of likely N-dealkylation sites (tertiary alicyclic amines) is 1. The molecule has 8 heteroatoms. The van der Waals surface area contributed by atoms with Gasteiger partial charge in [0.25, 0.3) is 0 Å². The summed E-state index contributed by atoms with van der Waals surface area (Å²) in [7, 11) is 3.33. The third-order valence-electron chi connectivity index (χ3n) is 5.79. The lowest BCUT2D eigenvalue weighted by molar-refractivity contribution is 0.180. The topological polar surface area (TPSA) is 78.4 Å². The second kappa shape index (κ2) is 14.3. The van der Waals surface area contributed by atoms with E-state index in [1.54, 1.807) is 14.2 Å². The van der Waals surface area contributed by atoms with Crippen molar-refractivity contribution in [1.82, 2.24) is 15.5 Å². The Morgan fingerprint density at radius 2 is 1.70 bits per heavy atom. The highest BCUT2D eigenvalue weighted by atomic mass is 127. The number of nitrogens with zero attached hydrogens (tertiary/aromatic N) is 2. The van der Waals surface area contributed by atoms with Crippen molar-refractivity contribution in [3.8, 4) is 11.5 Å². The molecule has 0 radical (unpaired) electrons. The zero-order valence-electron chi connectivity index (χ0n) is 19.8. The van der Waals surface area contributed by atoms with Gasteiger partial charge in [0.2, 0.25) is 0 Å². The highest BCUT2D eigenvalue weighted by Crippen LogP contribution is 2.28. The van der Waals surface area contributed by atoms with Gasteiger partial charge in [0.05, 0.1) is 32.9 Å². The summed E-state index contributed by atoms with van der Waals surface area (Å²) in [5, 5.41) is 17.2. The fourth-order valence-electron chi connectivity index (χ4n) is 3.99. The van der Waals surface area contributed by atoms with Crippen LogP contribution in [0.3, 0.4) is 0 Å². The van der Waals surface area contributed by atoms with Gasteiger partial charge in [-0.25, -0.2) is 0 Å². The van der Waals surface area contributed by atoms with Crippen LogP contribution in [0, 0.1) is 0 Å². The average Bonchev–Trinajstić information content (AvgIpc) is 3.37. The number of halogens is 1. The van der Waals surface area contributed by atoms with Crippen LogP contribution in [0.5, 0.6) is 11.5 Å². The third-order valence-corrected chi connectivity index (χ3v) is 5.79. The van der Waals surface area contributed by atoms with E-state index in [1.165, 1.54) is 18.4 Å². The Balaban J connectivity index is 0.00000385. The minimum absolute atomic E-state index is 0. The number of aliphatic imine (C=N–C) groups is 1. The van der Waals surface area contributed by atoms with Crippen LogP contribution in [0.2, 0.25) is 0 Å². The highest BCUT2D eigenvalue weighted by molar-refractivity contribution is 14.0. The van der Waals surface area contributed by atoms with Crippen molar-refractivity contribution in [2.24, 2.45) is 4.99 Å². The molecule has 182 valence electrons. The number of guanidine groups is 1. The molecule has 7 nitrogen and oxygen atoms in total. The zero-order valence-corrected chi connectivity index (χ0v) is 22.1. The standard InChI is InChI=1S/C25H36N4O3.HI/c1-4-26-25(28-18-24(30)19-10-12-21(31-2)13-11-19)27-17-23(29-14-5-6-15-29)20-8-7-9-22(16-20)32-3;/h7-13,16,23-24,30H,4-6,14-15,17-18H2,1-3H3,(H2,26,27,28);1H. The molecule has 1 heterocycles. The van der Waals surface area contributed by atoms with Crippen molar-refractivity contribution >= 4 is 29.9 Å². The molecule has 1 fully saturated rings. The molecule has 0 spiro atoms. The normalized spacial score (nSPS) is 15.9. The van der Waals surface area contributed by atoms with Crippen LogP contribution in [0.25, 0.3) is 0 Å². The van der Waals surface area contributed by atoms with E-state index < -0.39 is 6.10 Å². The van der Waals surface area contributed by atoms with Crippen molar-refractivity contribution < 1.29 is 14.6 Å². The molecular weight excluding hydrogens is 531 g/mol. The van der Waals surface area contributed by atoms with Gasteiger partial charge in [-0.2, -0.15) is 0 Å². The summed E-state index contributed by atoms with van der Waals surface area (Å²) < 4.78 is 10.6. The lowest BCUT2D eigenvalue weighted by atomic mass is 10.1. The summed E-state index contributed by atoms with van der Waals surface area (Å²) in [5.41, 5.74) is 2.05. The molecule has 2 atom stereocenters. The Labute approximate surface area is 214 Å². The van der Waals surface area contributed by atoms with E-state index in [0.717, 1.165) is 36.7 Å². The molecule has 2 aromatic carbocycles. The molecular formula is C25H37IN4O3. The molecule has 3 rings (SSSR count). The van der Waals surface area contributed by atoms with Crippen molar-refractivity contribution in [2.45, 2.75) is 31.9 Å². The lowest BCUT2D eigenvalue weighted by Gasteiger charge is -2.27. The van der Waals surface area contributed by atoms with Gasteiger partial charge in [0.1, 0.15) is 11.5 Å². The van der Waals surface area contributed by atoms with Gasteiger partial charge in [-0.05, 0) is 68.2 Å². The maximum absolute atomic E-state index is 10.6. The number of methoxy groups -OCH3 is 2. The molecule has 2 unspecified atom stereocenters. The van der Waals surface area contributed by atoms with Gasteiger partial charge in [-0.3, -0.25) is 9.89 Å². The molecule has 0 aromatic heterocycles. The Morgan fingerprint density at radius 1 is 1.00 bits per heavy atom. The number of hydrogen-bond acceptors (Lipinski definition) is 5. The van der Waals surface area contributed by atoms with E-state index in [2.05, 4.69) is 27.7 Å². The largest absolute Gasteiger partial charge is 0.497 e. The molecule has 0 bridgehead atoms. The van der Waals surface area contributed by atoms with Crippen LogP contribution in [0.15, 0.2) is 53.5 Å². The minimum Gasteiger partial charge on any atom is -0.497 e.